The van der Waals surface area contributed by atoms with Gasteiger partial charge in [-0.3, -0.25) is 4.79 Å². The van der Waals surface area contributed by atoms with E-state index in [0.29, 0.717) is 15.6 Å². The van der Waals surface area contributed by atoms with Crippen molar-refractivity contribution in [1.29, 1.82) is 0 Å². The van der Waals surface area contributed by atoms with Crippen molar-refractivity contribution in [2.24, 2.45) is 0 Å². The highest BCUT2D eigenvalue weighted by molar-refractivity contribution is 6.36. The second-order valence-corrected chi connectivity index (χ2v) is 5.81. The zero-order valence-corrected chi connectivity index (χ0v) is 12.1. The number of carbonyl (C=O) groups excluding carboxylic acids is 1. The zero-order valence-electron chi connectivity index (χ0n) is 10.6. The van der Waals surface area contributed by atoms with E-state index in [4.69, 9.17) is 23.2 Å². The lowest BCUT2D eigenvalue weighted by Crippen LogP contribution is -2.47. The monoisotopic (exact) mass is 285 g/mol. The summed E-state index contributed by atoms with van der Waals surface area (Å²) < 4.78 is 0. The topological polar surface area (TPSA) is 20.3 Å². The number of benzene rings is 1. The molecule has 0 radical (unpaired) electrons. The summed E-state index contributed by atoms with van der Waals surface area (Å²) in [6.07, 6.45) is 3.29. The normalized spacial score (nSPS) is 24.1. The minimum atomic E-state index is 0.0105. The largest absolute Gasteiger partial charge is 0.333 e. The molecule has 4 heteroatoms. The number of halogens is 2. The van der Waals surface area contributed by atoms with Crippen LogP contribution >= 0.6 is 23.2 Å². The second kappa shape index (κ2) is 5.50. The van der Waals surface area contributed by atoms with Crippen LogP contribution in [0.1, 0.15) is 43.5 Å². The molecule has 0 bridgehead atoms. The van der Waals surface area contributed by atoms with Gasteiger partial charge in [-0.15, -0.1) is 0 Å². The summed E-state index contributed by atoms with van der Waals surface area (Å²) in [6, 6.07) is 5.58. The second-order valence-electron chi connectivity index (χ2n) is 4.97. The van der Waals surface area contributed by atoms with Gasteiger partial charge in [0, 0.05) is 17.1 Å². The van der Waals surface area contributed by atoms with Crippen LogP contribution in [0.3, 0.4) is 0 Å². The van der Waals surface area contributed by atoms with Gasteiger partial charge >= 0.3 is 0 Å². The van der Waals surface area contributed by atoms with Crippen LogP contribution in [0.2, 0.25) is 10.0 Å². The first kappa shape index (κ1) is 13.7. The maximum atomic E-state index is 12.6. The molecule has 0 aliphatic carbocycles. The number of hydrogen-bond acceptors (Lipinski definition) is 1. The van der Waals surface area contributed by atoms with E-state index in [9.17, 15) is 4.79 Å². The van der Waals surface area contributed by atoms with Crippen molar-refractivity contribution in [2.75, 3.05) is 0 Å². The van der Waals surface area contributed by atoms with Gasteiger partial charge in [-0.2, -0.15) is 0 Å². The van der Waals surface area contributed by atoms with Crippen molar-refractivity contribution < 1.29 is 4.79 Å². The summed E-state index contributed by atoms with van der Waals surface area (Å²) in [6.45, 7) is 4.19. The van der Waals surface area contributed by atoms with Gasteiger partial charge in [0.15, 0.2) is 0 Å². The van der Waals surface area contributed by atoms with Gasteiger partial charge in [0.1, 0.15) is 0 Å². The maximum Gasteiger partial charge on any atom is 0.255 e. The van der Waals surface area contributed by atoms with Crippen molar-refractivity contribution >= 4 is 29.1 Å². The van der Waals surface area contributed by atoms with Crippen molar-refractivity contribution in [2.45, 2.75) is 45.2 Å². The Balaban J connectivity index is 2.29. The molecule has 2 atom stereocenters. The van der Waals surface area contributed by atoms with E-state index < -0.39 is 0 Å². The van der Waals surface area contributed by atoms with Gasteiger partial charge < -0.3 is 4.90 Å². The SMILES string of the molecule is C[C@@H]1CCC[C@H](C)N1C(=O)c1ccc(Cl)cc1Cl. The predicted molar refractivity (Wildman–Crippen MR) is 75.4 cm³/mol. The molecule has 0 saturated carbocycles. The highest BCUT2D eigenvalue weighted by Gasteiger charge is 2.30. The zero-order chi connectivity index (χ0) is 13.3. The van der Waals surface area contributed by atoms with E-state index in [1.54, 1.807) is 18.2 Å². The molecule has 1 aliphatic rings. The average Bonchev–Trinajstić information content (AvgIpc) is 2.28. The Morgan fingerprint density at radius 3 is 2.39 bits per heavy atom. The van der Waals surface area contributed by atoms with Crippen LogP contribution in [0.5, 0.6) is 0 Å². The fourth-order valence-electron chi connectivity index (χ4n) is 2.62. The molecule has 18 heavy (non-hydrogen) atoms. The average molecular weight is 286 g/mol. The quantitative estimate of drug-likeness (QED) is 0.749. The van der Waals surface area contributed by atoms with Crippen molar-refractivity contribution in [3.05, 3.63) is 33.8 Å². The van der Waals surface area contributed by atoms with Gasteiger partial charge in [0.05, 0.1) is 10.6 Å². The molecular weight excluding hydrogens is 269 g/mol. The maximum absolute atomic E-state index is 12.6. The fourth-order valence-corrected chi connectivity index (χ4v) is 3.11. The molecule has 1 amide bonds. The van der Waals surface area contributed by atoms with E-state index in [1.807, 2.05) is 4.90 Å². The number of amides is 1. The van der Waals surface area contributed by atoms with E-state index in [2.05, 4.69) is 13.8 Å². The summed E-state index contributed by atoms with van der Waals surface area (Å²) >= 11 is 12.0. The summed E-state index contributed by atoms with van der Waals surface area (Å²) in [7, 11) is 0. The fraction of sp³-hybridized carbons (Fsp3) is 0.500. The van der Waals surface area contributed by atoms with Crippen LogP contribution in [-0.4, -0.2) is 22.9 Å². The Morgan fingerprint density at radius 2 is 1.83 bits per heavy atom. The molecule has 0 unspecified atom stereocenters. The molecule has 1 heterocycles. The Kier molecular flexibility index (Phi) is 4.18. The minimum Gasteiger partial charge on any atom is -0.333 e. The van der Waals surface area contributed by atoms with Crippen LogP contribution in [0.4, 0.5) is 0 Å². The number of hydrogen-bond donors (Lipinski definition) is 0. The van der Waals surface area contributed by atoms with Gasteiger partial charge in [-0.1, -0.05) is 23.2 Å². The molecule has 1 aliphatic heterocycles. The van der Waals surface area contributed by atoms with Crippen LogP contribution in [0.25, 0.3) is 0 Å². The molecule has 0 spiro atoms. The highest BCUT2D eigenvalue weighted by atomic mass is 35.5. The van der Waals surface area contributed by atoms with Crippen molar-refractivity contribution in [3.8, 4) is 0 Å². The van der Waals surface area contributed by atoms with E-state index in [1.165, 1.54) is 6.42 Å². The number of nitrogens with zero attached hydrogens (tertiary/aromatic N) is 1. The predicted octanol–water partition coefficient (Wildman–Crippen LogP) is 4.40. The number of carbonyl (C=O) groups is 1. The molecule has 1 aromatic rings. The van der Waals surface area contributed by atoms with Crippen molar-refractivity contribution in [1.82, 2.24) is 4.90 Å². The molecule has 0 aromatic heterocycles. The summed E-state index contributed by atoms with van der Waals surface area (Å²) in [5.74, 6) is 0.0105. The standard InChI is InChI=1S/C14H17Cl2NO/c1-9-4-3-5-10(2)17(9)14(18)12-7-6-11(15)8-13(12)16/h6-10H,3-5H2,1-2H3/t9-,10+. The lowest BCUT2D eigenvalue weighted by Gasteiger charge is -2.39. The highest BCUT2D eigenvalue weighted by Crippen LogP contribution is 2.28. The smallest absolute Gasteiger partial charge is 0.255 e. The summed E-state index contributed by atoms with van der Waals surface area (Å²) in [5.41, 5.74) is 0.543. The molecule has 98 valence electrons. The van der Waals surface area contributed by atoms with Gasteiger partial charge in [-0.05, 0) is 51.3 Å². The lowest BCUT2D eigenvalue weighted by atomic mass is 9.96. The van der Waals surface area contributed by atoms with Crippen LogP contribution in [0, 0.1) is 0 Å². The minimum absolute atomic E-state index is 0.0105. The van der Waals surface area contributed by atoms with E-state index in [-0.39, 0.29) is 18.0 Å². The van der Waals surface area contributed by atoms with Gasteiger partial charge in [0.25, 0.3) is 5.91 Å². The van der Waals surface area contributed by atoms with E-state index in [0.717, 1.165) is 12.8 Å². The molecule has 2 rings (SSSR count). The summed E-state index contributed by atoms with van der Waals surface area (Å²) in [4.78, 5) is 14.5. The third-order valence-electron chi connectivity index (χ3n) is 3.59. The molecular formula is C14H17Cl2NO. The van der Waals surface area contributed by atoms with Crippen molar-refractivity contribution in [3.63, 3.8) is 0 Å². The first-order valence-corrected chi connectivity index (χ1v) is 7.04. The Morgan fingerprint density at radius 1 is 1.22 bits per heavy atom. The number of piperidine rings is 1. The summed E-state index contributed by atoms with van der Waals surface area (Å²) in [5, 5.41) is 0.980. The first-order valence-electron chi connectivity index (χ1n) is 6.28. The molecule has 0 N–H and O–H groups in total. The Hall–Kier alpha value is -0.730. The molecule has 1 fully saturated rings. The lowest BCUT2D eigenvalue weighted by molar-refractivity contribution is 0.0511. The van der Waals surface area contributed by atoms with Crippen LogP contribution < -0.4 is 0 Å². The Labute approximate surface area is 118 Å². The Bertz CT molecular complexity index is 451. The third-order valence-corrected chi connectivity index (χ3v) is 4.14. The third kappa shape index (κ3) is 2.65. The van der Waals surface area contributed by atoms with Gasteiger partial charge in [-0.25, -0.2) is 0 Å². The van der Waals surface area contributed by atoms with Gasteiger partial charge in [0.2, 0.25) is 0 Å². The molecule has 1 aromatic carbocycles. The number of likely N-dealkylation sites (tertiary alicyclic amines) is 1. The number of rotatable bonds is 1. The first-order chi connectivity index (χ1) is 8.50. The molecule has 2 nitrogen and oxygen atoms in total. The molecule has 1 saturated heterocycles. The van der Waals surface area contributed by atoms with Crippen LogP contribution in [-0.2, 0) is 0 Å². The van der Waals surface area contributed by atoms with E-state index >= 15 is 0 Å². The van der Waals surface area contributed by atoms with Crippen LogP contribution in [0.15, 0.2) is 18.2 Å².